The third kappa shape index (κ3) is 5.09. The molecule has 1 aliphatic carbocycles. The topological polar surface area (TPSA) is 38.3 Å². The van der Waals surface area contributed by atoms with Crippen molar-refractivity contribution < 1.29 is 9.53 Å². The summed E-state index contributed by atoms with van der Waals surface area (Å²) in [6, 6.07) is 14.2. The van der Waals surface area contributed by atoms with Crippen LogP contribution in [0.1, 0.15) is 48.8 Å². The number of amides is 1. The lowest BCUT2D eigenvalue weighted by molar-refractivity contribution is -0.116. The van der Waals surface area contributed by atoms with Gasteiger partial charge < -0.3 is 10.1 Å². The molecule has 0 radical (unpaired) electrons. The smallest absolute Gasteiger partial charge is 0.224 e. The van der Waals surface area contributed by atoms with Crippen LogP contribution >= 0.6 is 0 Å². The largest absolute Gasteiger partial charge is 0.490 e. The Bertz CT molecular complexity index is 733. The van der Waals surface area contributed by atoms with Crippen LogP contribution in [0.4, 0.5) is 5.69 Å². The average Bonchev–Trinajstić information content (AvgIpc) is 3.09. The highest BCUT2D eigenvalue weighted by atomic mass is 16.5. The molecular formula is C22H27NO2. The molecule has 1 fully saturated rings. The quantitative estimate of drug-likeness (QED) is 0.787. The van der Waals surface area contributed by atoms with Crippen molar-refractivity contribution in [2.24, 2.45) is 0 Å². The van der Waals surface area contributed by atoms with Gasteiger partial charge in [0.2, 0.25) is 5.91 Å². The van der Waals surface area contributed by atoms with Gasteiger partial charge in [0.25, 0.3) is 0 Å². The van der Waals surface area contributed by atoms with Crippen molar-refractivity contribution in [3.63, 3.8) is 0 Å². The van der Waals surface area contributed by atoms with Crippen LogP contribution in [0.3, 0.4) is 0 Å². The van der Waals surface area contributed by atoms with Gasteiger partial charge in [-0.05, 0) is 75.3 Å². The second-order valence-electron chi connectivity index (χ2n) is 7.04. The highest BCUT2D eigenvalue weighted by Crippen LogP contribution is 2.25. The maximum absolute atomic E-state index is 12.2. The minimum absolute atomic E-state index is 0.0501. The standard InChI is InChI=1S/C22H27NO2/c1-16-10-12-21(17(2)14-16)23-22(24)13-11-18-6-5-9-20(15-18)25-19-7-3-4-8-19/h5-6,9-10,12,14-15,19H,3-4,7-8,11,13H2,1-2H3,(H,23,24). The van der Waals surface area contributed by atoms with Gasteiger partial charge in [-0.1, -0.05) is 29.8 Å². The Hall–Kier alpha value is -2.29. The first kappa shape index (κ1) is 17.5. The van der Waals surface area contributed by atoms with Gasteiger partial charge in [-0.2, -0.15) is 0 Å². The van der Waals surface area contributed by atoms with Crippen molar-refractivity contribution in [1.82, 2.24) is 0 Å². The van der Waals surface area contributed by atoms with Crippen LogP contribution in [0, 0.1) is 13.8 Å². The number of hydrogen-bond donors (Lipinski definition) is 1. The van der Waals surface area contributed by atoms with E-state index in [1.54, 1.807) is 0 Å². The fourth-order valence-corrected chi connectivity index (χ4v) is 3.40. The first-order chi connectivity index (χ1) is 12.1. The molecule has 0 spiro atoms. The molecule has 2 aromatic rings. The van der Waals surface area contributed by atoms with Gasteiger partial charge in [-0.15, -0.1) is 0 Å². The number of carbonyl (C=O) groups excluding carboxylic acids is 1. The summed E-state index contributed by atoms with van der Waals surface area (Å²) in [4.78, 5) is 12.2. The van der Waals surface area contributed by atoms with Gasteiger partial charge in [0.1, 0.15) is 5.75 Å². The molecule has 1 aliphatic rings. The molecule has 0 bridgehead atoms. The fraction of sp³-hybridized carbons (Fsp3) is 0.409. The molecule has 3 heteroatoms. The van der Waals surface area contributed by atoms with Crippen LogP contribution in [0.2, 0.25) is 0 Å². The van der Waals surface area contributed by atoms with Crippen molar-refractivity contribution >= 4 is 11.6 Å². The molecule has 0 aromatic heterocycles. The Morgan fingerprint density at radius 1 is 1.12 bits per heavy atom. The summed E-state index contributed by atoms with van der Waals surface area (Å²) in [5, 5.41) is 3.01. The summed E-state index contributed by atoms with van der Waals surface area (Å²) < 4.78 is 6.04. The van der Waals surface area contributed by atoms with Crippen LogP contribution < -0.4 is 10.1 Å². The molecule has 3 nitrogen and oxygen atoms in total. The monoisotopic (exact) mass is 337 g/mol. The molecule has 0 atom stereocenters. The highest BCUT2D eigenvalue weighted by Gasteiger charge is 2.16. The zero-order chi connectivity index (χ0) is 17.6. The van der Waals surface area contributed by atoms with E-state index in [0.29, 0.717) is 12.5 Å². The van der Waals surface area contributed by atoms with Crippen molar-refractivity contribution in [3.05, 3.63) is 59.2 Å². The number of carbonyl (C=O) groups is 1. The molecule has 2 aromatic carbocycles. The number of aryl methyl sites for hydroxylation is 3. The summed E-state index contributed by atoms with van der Waals surface area (Å²) >= 11 is 0. The van der Waals surface area contributed by atoms with Gasteiger partial charge in [-0.25, -0.2) is 0 Å². The minimum Gasteiger partial charge on any atom is -0.490 e. The van der Waals surface area contributed by atoms with E-state index in [1.165, 1.54) is 18.4 Å². The average molecular weight is 337 g/mol. The van der Waals surface area contributed by atoms with Crippen molar-refractivity contribution in [2.45, 2.75) is 58.5 Å². The van der Waals surface area contributed by atoms with Gasteiger partial charge in [0.15, 0.2) is 0 Å². The lowest BCUT2D eigenvalue weighted by atomic mass is 10.1. The fourth-order valence-electron chi connectivity index (χ4n) is 3.40. The second kappa shape index (κ2) is 8.19. The molecule has 1 amide bonds. The van der Waals surface area contributed by atoms with Crippen molar-refractivity contribution in [3.8, 4) is 5.75 Å². The summed E-state index contributed by atoms with van der Waals surface area (Å²) in [6.07, 6.45) is 6.40. The van der Waals surface area contributed by atoms with Crippen molar-refractivity contribution in [2.75, 3.05) is 5.32 Å². The Balaban J connectivity index is 1.53. The summed E-state index contributed by atoms with van der Waals surface area (Å²) in [5.74, 6) is 0.980. The molecule has 1 saturated carbocycles. The maximum atomic E-state index is 12.2. The molecule has 0 aliphatic heterocycles. The van der Waals surface area contributed by atoms with E-state index in [-0.39, 0.29) is 5.91 Å². The van der Waals surface area contributed by atoms with E-state index in [4.69, 9.17) is 4.74 Å². The van der Waals surface area contributed by atoms with Gasteiger partial charge in [-0.3, -0.25) is 4.79 Å². The first-order valence-corrected chi connectivity index (χ1v) is 9.23. The number of hydrogen-bond acceptors (Lipinski definition) is 2. The lowest BCUT2D eigenvalue weighted by Crippen LogP contribution is -2.13. The van der Waals surface area contributed by atoms with E-state index in [0.717, 1.165) is 41.8 Å². The number of nitrogens with one attached hydrogen (secondary N) is 1. The van der Waals surface area contributed by atoms with Crippen LogP contribution in [-0.4, -0.2) is 12.0 Å². The Morgan fingerprint density at radius 2 is 1.92 bits per heavy atom. The first-order valence-electron chi connectivity index (χ1n) is 9.23. The SMILES string of the molecule is Cc1ccc(NC(=O)CCc2cccc(OC3CCCC3)c2)c(C)c1. The molecule has 132 valence electrons. The van der Waals surface area contributed by atoms with Crippen LogP contribution in [0.25, 0.3) is 0 Å². The van der Waals surface area contributed by atoms with Gasteiger partial charge in [0, 0.05) is 12.1 Å². The van der Waals surface area contributed by atoms with E-state index in [1.807, 2.05) is 31.2 Å². The van der Waals surface area contributed by atoms with Gasteiger partial charge >= 0.3 is 0 Å². The van der Waals surface area contributed by atoms with E-state index in [9.17, 15) is 4.79 Å². The number of benzene rings is 2. The maximum Gasteiger partial charge on any atom is 0.224 e. The van der Waals surface area contributed by atoms with Gasteiger partial charge in [0.05, 0.1) is 6.10 Å². The van der Waals surface area contributed by atoms with Crippen LogP contribution in [-0.2, 0) is 11.2 Å². The third-order valence-electron chi connectivity index (χ3n) is 4.80. The molecule has 0 saturated heterocycles. The Kier molecular flexibility index (Phi) is 5.75. The molecule has 1 N–H and O–H groups in total. The zero-order valence-corrected chi connectivity index (χ0v) is 15.2. The molecule has 0 unspecified atom stereocenters. The minimum atomic E-state index is 0.0501. The number of rotatable bonds is 6. The summed E-state index contributed by atoms with van der Waals surface area (Å²) in [7, 11) is 0. The predicted molar refractivity (Wildman–Crippen MR) is 102 cm³/mol. The van der Waals surface area contributed by atoms with E-state index >= 15 is 0 Å². The predicted octanol–water partition coefficient (Wildman–Crippen LogP) is 5.20. The Morgan fingerprint density at radius 3 is 2.68 bits per heavy atom. The summed E-state index contributed by atoms with van der Waals surface area (Å²) in [5.41, 5.74) is 4.34. The normalized spacial score (nSPS) is 14.5. The third-order valence-corrected chi connectivity index (χ3v) is 4.80. The van der Waals surface area contributed by atoms with E-state index in [2.05, 4.69) is 30.4 Å². The molecule has 25 heavy (non-hydrogen) atoms. The van der Waals surface area contributed by atoms with Crippen molar-refractivity contribution in [1.29, 1.82) is 0 Å². The molecule has 3 rings (SSSR count). The summed E-state index contributed by atoms with van der Waals surface area (Å²) in [6.45, 7) is 4.08. The van der Waals surface area contributed by atoms with Crippen LogP contribution in [0.5, 0.6) is 5.75 Å². The lowest BCUT2D eigenvalue weighted by Gasteiger charge is -2.14. The Labute approximate surface area is 150 Å². The highest BCUT2D eigenvalue weighted by molar-refractivity contribution is 5.91. The molecule has 0 heterocycles. The van der Waals surface area contributed by atoms with E-state index < -0.39 is 0 Å². The zero-order valence-electron chi connectivity index (χ0n) is 15.2. The molecular weight excluding hydrogens is 310 g/mol. The number of anilines is 1. The second-order valence-corrected chi connectivity index (χ2v) is 7.04. The number of ether oxygens (including phenoxy) is 1. The van der Waals surface area contributed by atoms with Crippen LogP contribution in [0.15, 0.2) is 42.5 Å².